The fourth-order valence-corrected chi connectivity index (χ4v) is 2.01. The molecular formula is C8H5ClIN3O. The number of rotatable bonds is 2. The third kappa shape index (κ3) is 1.61. The fraction of sp³-hybridized carbons (Fsp3) is 0.125. The zero-order valence-corrected chi connectivity index (χ0v) is 9.86. The van der Waals surface area contributed by atoms with Gasteiger partial charge in [-0.25, -0.2) is 9.67 Å². The van der Waals surface area contributed by atoms with Crippen molar-refractivity contribution in [3.05, 3.63) is 21.0 Å². The van der Waals surface area contributed by atoms with E-state index in [9.17, 15) is 4.79 Å². The highest BCUT2D eigenvalue weighted by Gasteiger charge is 2.09. The third-order valence-electron chi connectivity index (χ3n) is 1.76. The van der Waals surface area contributed by atoms with E-state index in [4.69, 9.17) is 11.6 Å². The molecule has 0 radical (unpaired) electrons. The highest BCUT2D eigenvalue weighted by atomic mass is 127. The summed E-state index contributed by atoms with van der Waals surface area (Å²) in [5.74, 6) is 0. The molecule has 0 aliphatic carbocycles. The molecule has 4 nitrogen and oxygen atoms in total. The van der Waals surface area contributed by atoms with Crippen molar-refractivity contribution in [3.8, 4) is 0 Å². The molecule has 0 fully saturated rings. The van der Waals surface area contributed by atoms with Gasteiger partial charge in [-0.3, -0.25) is 0 Å². The van der Waals surface area contributed by atoms with Crippen molar-refractivity contribution in [1.82, 2.24) is 14.8 Å². The number of hydrogen-bond acceptors (Lipinski definition) is 3. The summed E-state index contributed by atoms with van der Waals surface area (Å²) in [5, 5.41) is 5.62. The number of fused-ring (bicyclic) bond motifs is 1. The Balaban J connectivity index is 2.70. The molecule has 0 unspecified atom stereocenters. The van der Waals surface area contributed by atoms with Crippen molar-refractivity contribution in [1.29, 1.82) is 0 Å². The van der Waals surface area contributed by atoms with Crippen LogP contribution in [0.5, 0.6) is 0 Å². The molecule has 0 saturated carbocycles. The standard InChI is InChI=1S/C8H5ClIN3O/c9-5-3-6-7(10)12-13(1-2-14)8(6)11-4-5/h2-4H,1H2. The molecule has 2 aromatic heterocycles. The molecular weight excluding hydrogens is 316 g/mol. The number of carbonyl (C=O) groups is 1. The average Bonchev–Trinajstić information content (AvgIpc) is 2.44. The molecule has 0 atom stereocenters. The second kappa shape index (κ2) is 3.82. The van der Waals surface area contributed by atoms with Gasteiger partial charge in [0.2, 0.25) is 0 Å². The van der Waals surface area contributed by atoms with Gasteiger partial charge in [-0.1, -0.05) is 11.6 Å². The lowest BCUT2D eigenvalue weighted by Crippen LogP contribution is -2.01. The minimum Gasteiger partial charge on any atom is -0.301 e. The van der Waals surface area contributed by atoms with Crippen LogP contribution in [0.4, 0.5) is 0 Å². The van der Waals surface area contributed by atoms with E-state index in [0.29, 0.717) is 10.7 Å². The van der Waals surface area contributed by atoms with Crippen LogP contribution in [-0.4, -0.2) is 21.1 Å². The highest BCUT2D eigenvalue weighted by molar-refractivity contribution is 14.1. The van der Waals surface area contributed by atoms with E-state index < -0.39 is 0 Å². The van der Waals surface area contributed by atoms with Gasteiger partial charge in [0.05, 0.1) is 17.0 Å². The number of aromatic nitrogens is 3. The zero-order chi connectivity index (χ0) is 10.1. The Morgan fingerprint density at radius 3 is 3.14 bits per heavy atom. The normalized spacial score (nSPS) is 10.7. The summed E-state index contributed by atoms with van der Waals surface area (Å²) in [4.78, 5) is 14.5. The van der Waals surface area contributed by atoms with E-state index in [1.807, 2.05) is 0 Å². The maximum absolute atomic E-state index is 10.4. The van der Waals surface area contributed by atoms with E-state index >= 15 is 0 Å². The van der Waals surface area contributed by atoms with E-state index in [2.05, 4.69) is 32.7 Å². The molecule has 0 spiro atoms. The van der Waals surface area contributed by atoms with Crippen molar-refractivity contribution in [2.45, 2.75) is 6.54 Å². The van der Waals surface area contributed by atoms with Gasteiger partial charge in [0, 0.05) is 6.20 Å². The summed E-state index contributed by atoms with van der Waals surface area (Å²) in [6.07, 6.45) is 2.34. The number of nitrogens with zero attached hydrogens (tertiary/aromatic N) is 3. The lowest BCUT2D eigenvalue weighted by molar-refractivity contribution is -0.108. The van der Waals surface area contributed by atoms with Gasteiger partial charge >= 0.3 is 0 Å². The van der Waals surface area contributed by atoms with Crippen molar-refractivity contribution < 1.29 is 4.79 Å². The molecule has 0 amide bonds. The second-order valence-electron chi connectivity index (χ2n) is 2.66. The maximum atomic E-state index is 10.4. The Bertz CT molecular complexity index is 497. The average molecular weight is 322 g/mol. The van der Waals surface area contributed by atoms with Gasteiger partial charge in [-0.2, -0.15) is 5.10 Å². The van der Waals surface area contributed by atoms with Crippen LogP contribution in [0.3, 0.4) is 0 Å². The van der Waals surface area contributed by atoms with Crippen molar-refractivity contribution in [3.63, 3.8) is 0 Å². The number of halogens is 2. The number of hydrogen-bond donors (Lipinski definition) is 0. The van der Waals surface area contributed by atoms with Crippen LogP contribution in [0.1, 0.15) is 0 Å². The van der Waals surface area contributed by atoms with Crippen LogP contribution in [-0.2, 0) is 11.3 Å². The first-order valence-electron chi connectivity index (χ1n) is 3.83. The predicted molar refractivity (Wildman–Crippen MR) is 61.3 cm³/mol. The zero-order valence-electron chi connectivity index (χ0n) is 6.94. The SMILES string of the molecule is O=CCn1nc(I)c2cc(Cl)cnc21. The van der Waals surface area contributed by atoms with Crippen LogP contribution >= 0.6 is 34.2 Å². The fourth-order valence-electron chi connectivity index (χ4n) is 1.19. The maximum Gasteiger partial charge on any atom is 0.159 e. The van der Waals surface area contributed by atoms with Crippen molar-refractivity contribution in [2.24, 2.45) is 0 Å². The number of pyridine rings is 1. The van der Waals surface area contributed by atoms with Crippen LogP contribution in [0, 0.1) is 3.70 Å². The van der Waals surface area contributed by atoms with Crippen LogP contribution < -0.4 is 0 Å². The van der Waals surface area contributed by atoms with Crippen molar-refractivity contribution in [2.75, 3.05) is 0 Å². The quantitative estimate of drug-likeness (QED) is 0.627. The molecule has 14 heavy (non-hydrogen) atoms. The molecule has 0 N–H and O–H groups in total. The molecule has 0 saturated heterocycles. The molecule has 0 bridgehead atoms. The second-order valence-corrected chi connectivity index (χ2v) is 4.12. The van der Waals surface area contributed by atoms with Gasteiger partial charge in [-0.15, -0.1) is 0 Å². The minimum atomic E-state index is 0.216. The molecule has 0 aromatic carbocycles. The Morgan fingerprint density at radius 2 is 2.43 bits per heavy atom. The van der Waals surface area contributed by atoms with Crippen LogP contribution in [0.15, 0.2) is 12.3 Å². The number of carbonyl (C=O) groups excluding carboxylic acids is 1. The smallest absolute Gasteiger partial charge is 0.159 e. The van der Waals surface area contributed by atoms with E-state index in [1.54, 1.807) is 16.9 Å². The summed E-state index contributed by atoms with van der Waals surface area (Å²) in [6.45, 7) is 0.216. The summed E-state index contributed by atoms with van der Waals surface area (Å²) >= 11 is 7.89. The molecule has 0 aliphatic heterocycles. The summed E-state index contributed by atoms with van der Waals surface area (Å²) < 4.78 is 2.36. The largest absolute Gasteiger partial charge is 0.301 e. The van der Waals surface area contributed by atoms with Crippen molar-refractivity contribution >= 4 is 51.5 Å². The van der Waals surface area contributed by atoms with Gasteiger partial charge in [-0.05, 0) is 28.7 Å². The Labute approximate surface area is 98.4 Å². The Morgan fingerprint density at radius 1 is 1.64 bits per heavy atom. The topological polar surface area (TPSA) is 47.8 Å². The molecule has 0 aliphatic rings. The lowest BCUT2D eigenvalue weighted by atomic mass is 10.4. The predicted octanol–water partition coefficient (Wildman–Crippen LogP) is 1.89. The first-order chi connectivity index (χ1) is 6.72. The molecule has 6 heteroatoms. The van der Waals surface area contributed by atoms with Gasteiger partial charge < -0.3 is 4.79 Å². The monoisotopic (exact) mass is 321 g/mol. The first-order valence-corrected chi connectivity index (χ1v) is 5.29. The molecule has 2 heterocycles. The third-order valence-corrected chi connectivity index (χ3v) is 2.76. The van der Waals surface area contributed by atoms with Gasteiger partial charge in [0.15, 0.2) is 5.65 Å². The van der Waals surface area contributed by atoms with Crippen LogP contribution in [0.25, 0.3) is 11.0 Å². The van der Waals surface area contributed by atoms with Crippen LogP contribution in [0.2, 0.25) is 5.02 Å². The van der Waals surface area contributed by atoms with E-state index in [1.165, 1.54) is 0 Å². The minimum absolute atomic E-state index is 0.216. The lowest BCUT2D eigenvalue weighted by Gasteiger charge is -1.95. The summed E-state index contributed by atoms with van der Waals surface area (Å²) in [5.41, 5.74) is 0.686. The molecule has 72 valence electrons. The summed E-state index contributed by atoms with van der Waals surface area (Å²) in [6, 6.07) is 1.79. The van der Waals surface area contributed by atoms with Gasteiger partial charge in [0.1, 0.15) is 9.99 Å². The van der Waals surface area contributed by atoms with Gasteiger partial charge in [0.25, 0.3) is 0 Å². The van der Waals surface area contributed by atoms with E-state index in [0.717, 1.165) is 15.4 Å². The Hall–Kier alpha value is -0.690. The number of aldehydes is 1. The molecule has 2 rings (SSSR count). The Kier molecular flexibility index (Phi) is 2.69. The highest BCUT2D eigenvalue weighted by Crippen LogP contribution is 2.21. The summed E-state index contributed by atoms with van der Waals surface area (Å²) in [7, 11) is 0. The molecule has 2 aromatic rings. The van der Waals surface area contributed by atoms with E-state index in [-0.39, 0.29) is 6.54 Å². The first kappa shape index (κ1) is 9.85.